The number of nitrogens with zero attached hydrogens (tertiary/aromatic N) is 3. The van der Waals surface area contributed by atoms with E-state index in [-0.39, 0.29) is 11.8 Å². The highest BCUT2D eigenvalue weighted by atomic mass is 16.5. The van der Waals surface area contributed by atoms with Crippen LogP contribution in [0.4, 0.5) is 0 Å². The average molecular weight is 336 g/mol. The Morgan fingerprint density at radius 1 is 1.38 bits per heavy atom. The second kappa shape index (κ2) is 8.82. The fourth-order valence-corrected chi connectivity index (χ4v) is 2.91. The number of nitrogens with one attached hydrogen (secondary N) is 1. The van der Waals surface area contributed by atoms with Crippen molar-refractivity contribution in [1.29, 1.82) is 0 Å². The molecular weight excluding hydrogens is 308 g/mol. The van der Waals surface area contributed by atoms with Crippen molar-refractivity contribution in [3.05, 3.63) is 17.2 Å². The van der Waals surface area contributed by atoms with Crippen LogP contribution < -0.4 is 5.32 Å². The summed E-state index contributed by atoms with van der Waals surface area (Å²) in [7, 11) is 3.38. The number of unbranched alkanes of at least 4 members (excludes halogenated alkanes) is 1. The highest BCUT2D eigenvalue weighted by molar-refractivity contribution is 5.97. The zero-order valence-electron chi connectivity index (χ0n) is 14.9. The number of fused-ring (bicyclic) bond motifs is 1. The average Bonchev–Trinajstić information content (AvgIpc) is 2.99. The zero-order valence-corrected chi connectivity index (χ0v) is 14.9. The number of methoxy groups -OCH3 is 1. The minimum absolute atomic E-state index is 0.109. The molecule has 0 aliphatic carbocycles. The van der Waals surface area contributed by atoms with Gasteiger partial charge in [-0.3, -0.25) is 9.59 Å². The van der Waals surface area contributed by atoms with Gasteiger partial charge in [-0.15, -0.1) is 0 Å². The molecule has 0 unspecified atom stereocenters. The first kappa shape index (κ1) is 18.4. The number of hydrogen-bond donors (Lipinski definition) is 1. The lowest BCUT2D eigenvalue weighted by Crippen LogP contribution is -2.31. The van der Waals surface area contributed by atoms with Crippen LogP contribution in [-0.2, 0) is 17.7 Å². The Labute approximate surface area is 143 Å². The van der Waals surface area contributed by atoms with Gasteiger partial charge >= 0.3 is 0 Å². The van der Waals surface area contributed by atoms with Crippen LogP contribution in [0.1, 0.15) is 59.4 Å². The summed E-state index contributed by atoms with van der Waals surface area (Å²) in [5.41, 5.74) is 1.27. The van der Waals surface area contributed by atoms with Crippen molar-refractivity contribution >= 4 is 11.8 Å². The van der Waals surface area contributed by atoms with E-state index >= 15 is 0 Å². The maximum Gasteiger partial charge on any atom is 0.289 e. The lowest BCUT2D eigenvalue weighted by Gasteiger charge is -2.20. The molecule has 0 saturated carbocycles. The molecule has 0 bridgehead atoms. The Morgan fingerprint density at radius 2 is 2.17 bits per heavy atom. The molecule has 0 aromatic carbocycles. The van der Waals surface area contributed by atoms with Crippen LogP contribution in [0.25, 0.3) is 0 Å². The second-order valence-corrected chi connectivity index (χ2v) is 6.17. The molecule has 7 nitrogen and oxygen atoms in total. The summed E-state index contributed by atoms with van der Waals surface area (Å²) < 4.78 is 6.88. The van der Waals surface area contributed by atoms with E-state index in [1.54, 1.807) is 19.1 Å². The van der Waals surface area contributed by atoms with E-state index in [1.165, 1.54) is 0 Å². The quantitative estimate of drug-likeness (QED) is 0.729. The minimum Gasteiger partial charge on any atom is -0.383 e. The molecule has 0 radical (unpaired) electrons. The molecule has 2 rings (SSSR count). The van der Waals surface area contributed by atoms with Gasteiger partial charge in [-0.05, 0) is 25.7 Å². The van der Waals surface area contributed by atoms with Gasteiger partial charge in [0.25, 0.3) is 11.8 Å². The summed E-state index contributed by atoms with van der Waals surface area (Å²) in [6, 6.07) is 0. The molecule has 1 aliphatic heterocycles. The van der Waals surface area contributed by atoms with Gasteiger partial charge in [0.1, 0.15) is 5.69 Å². The molecule has 2 heterocycles. The van der Waals surface area contributed by atoms with Crippen molar-refractivity contribution in [2.75, 3.05) is 33.9 Å². The Bertz CT molecular complexity index is 583. The number of amides is 2. The number of aromatic nitrogens is 2. The molecule has 1 aliphatic rings. The molecule has 24 heavy (non-hydrogen) atoms. The molecule has 1 N–H and O–H groups in total. The SMILES string of the molecule is CCCCN(C)C(=O)c1nc(C(=O)NCCOC)c2n1CCCC2. The molecule has 134 valence electrons. The van der Waals surface area contributed by atoms with E-state index in [2.05, 4.69) is 17.2 Å². The number of hydrogen-bond acceptors (Lipinski definition) is 4. The third-order valence-electron chi connectivity index (χ3n) is 4.31. The molecule has 1 aromatic heterocycles. The summed E-state index contributed by atoms with van der Waals surface area (Å²) in [5.74, 6) is 0.0516. The normalized spacial score (nSPS) is 13.5. The van der Waals surface area contributed by atoms with Crippen molar-refractivity contribution in [2.24, 2.45) is 0 Å². The van der Waals surface area contributed by atoms with Gasteiger partial charge in [-0.2, -0.15) is 0 Å². The van der Waals surface area contributed by atoms with Crippen molar-refractivity contribution < 1.29 is 14.3 Å². The summed E-state index contributed by atoms with van der Waals surface area (Å²) in [6.07, 6.45) is 4.80. The van der Waals surface area contributed by atoms with E-state index < -0.39 is 0 Å². The fourth-order valence-electron chi connectivity index (χ4n) is 2.91. The predicted octanol–water partition coefficient (Wildman–Crippen LogP) is 1.47. The molecule has 1 aromatic rings. The van der Waals surface area contributed by atoms with E-state index in [0.717, 1.165) is 44.3 Å². The van der Waals surface area contributed by atoms with E-state index in [0.29, 0.717) is 31.2 Å². The first-order valence-corrected chi connectivity index (χ1v) is 8.72. The van der Waals surface area contributed by atoms with Crippen molar-refractivity contribution in [2.45, 2.75) is 45.6 Å². The molecule has 2 amide bonds. The summed E-state index contributed by atoms with van der Waals surface area (Å²) in [5, 5.41) is 2.80. The van der Waals surface area contributed by atoms with Crippen LogP contribution >= 0.6 is 0 Å². The van der Waals surface area contributed by atoms with Crippen LogP contribution in [0.15, 0.2) is 0 Å². The van der Waals surface area contributed by atoms with E-state index in [4.69, 9.17) is 4.74 Å². The number of ether oxygens (including phenoxy) is 1. The molecule has 0 saturated heterocycles. The number of carbonyl (C=O) groups is 2. The van der Waals surface area contributed by atoms with Crippen LogP contribution in [0, 0.1) is 0 Å². The standard InChI is InChI=1S/C17H28N4O3/c1-4-5-10-20(2)17(23)15-19-14(16(22)18-9-12-24-3)13-8-6-7-11-21(13)15/h4-12H2,1-3H3,(H,18,22). The van der Waals surface area contributed by atoms with Gasteiger partial charge in [0.05, 0.1) is 12.3 Å². The first-order valence-electron chi connectivity index (χ1n) is 8.72. The van der Waals surface area contributed by atoms with Gasteiger partial charge in [-0.25, -0.2) is 4.98 Å². The van der Waals surface area contributed by atoms with Crippen LogP contribution in [0.5, 0.6) is 0 Å². The Balaban J connectivity index is 2.22. The van der Waals surface area contributed by atoms with Gasteiger partial charge in [0.2, 0.25) is 0 Å². The summed E-state index contributed by atoms with van der Waals surface area (Å²) in [4.78, 5) is 31.2. The summed E-state index contributed by atoms with van der Waals surface area (Å²) >= 11 is 0. The minimum atomic E-state index is -0.229. The Kier molecular flexibility index (Phi) is 6.78. The number of carbonyl (C=O) groups excluding carboxylic acids is 2. The van der Waals surface area contributed by atoms with Crippen molar-refractivity contribution in [1.82, 2.24) is 19.8 Å². The Morgan fingerprint density at radius 3 is 2.88 bits per heavy atom. The molecule has 0 fully saturated rings. The van der Waals surface area contributed by atoms with Gasteiger partial charge in [0, 0.05) is 33.8 Å². The van der Waals surface area contributed by atoms with Crippen LogP contribution in [0.2, 0.25) is 0 Å². The monoisotopic (exact) mass is 336 g/mol. The maximum absolute atomic E-state index is 12.7. The van der Waals surface area contributed by atoms with Gasteiger partial charge in [-0.1, -0.05) is 13.3 Å². The molecular formula is C17H28N4O3. The molecule has 0 atom stereocenters. The Hall–Kier alpha value is -1.89. The zero-order chi connectivity index (χ0) is 17.5. The molecule has 0 spiro atoms. The summed E-state index contributed by atoms with van der Waals surface area (Å²) in [6.45, 7) is 4.43. The predicted molar refractivity (Wildman–Crippen MR) is 91.2 cm³/mol. The number of rotatable bonds is 8. The third-order valence-corrected chi connectivity index (χ3v) is 4.31. The number of imidazole rings is 1. The lowest BCUT2D eigenvalue weighted by molar-refractivity contribution is 0.0775. The highest BCUT2D eigenvalue weighted by Gasteiger charge is 2.28. The van der Waals surface area contributed by atoms with Crippen LogP contribution in [-0.4, -0.2) is 60.1 Å². The molecule has 7 heteroatoms. The van der Waals surface area contributed by atoms with Gasteiger partial charge < -0.3 is 19.5 Å². The fraction of sp³-hybridized carbons (Fsp3) is 0.706. The van der Waals surface area contributed by atoms with Gasteiger partial charge in [0.15, 0.2) is 5.82 Å². The third kappa shape index (κ3) is 4.14. The second-order valence-electron chi connectivity index (χ2n) is 6.17. The topological polar surface area (TPSA) is 76.5 Å². The van der Waals surface area contributed by atoms with E-state index in [9.17, 15) is 9.59 Å². The maximum atomic E-state index is 12.7. The smallest absolute Gasteiger partial charge is 0.289 e. The van der Waals surface area contributed by atoms with Crippen molar-refractivity contribution in [3.8, 4) is 0 Å². The van der Waals surface area contributed by atoms with Crippen LogP contribution in [0.3, 0.4) is 0 Å². The first-order chi connectivity index (χ1) is 11.6. The highest BCUT2D eigenvalue weighted by Crippen LogP contribution is 2.22. The largest absolute Gasteiger partial charge is 0.383 e. The van der Waals surface area contributed by atoms with E-state index in [1.807, 2.05) is 4.57 Å². The lowest BCUT2D eigenvalue weighted by atomic mass is 10.1. The van der Waals surface area contributed by atoms with Crippen molar-refractivity contribution in [3.63, 3.8) is 0 Å².